The van der Waals surface area contributed by atoms with Crippen molar-refractivity contribution in [3.8, 4) is 0 Å². The van der Waals surface area contributed by atoms with Crippen LogP contribution in [0.3, 0.4) is 0 Å². The first-order valence-electron chi connectivity index (χ1n) is 8.88. The van der Waals surface area contributed by atoms with E-state index in [4.69, 9.17) is 0 Å². The van der Waals surface area contributed by atoms with Gasteiger partial charge in [-0.15, -0.1) is 0 Å². The Morgan fingerprint density at radius 1 is 0.964 bits per heavy atom. The summed E-state index contributed by atoms with van der Waals surface area (Å²) in [5.41, 5.74) is 1.76. The molecule has 2 amide bonds. The molecular weight excluding hydrogens is 363 g/mol. The third kappa shape index (κ3) is 4.46. The minimum Gasteiger partial charge on any atom is -0.354 e. The molecule has 0 bridgehead atoms. The lowest BCUT2D eigenvalue weighted by Crippen LogP contribution is -2.38. The Kier molecular flexibility index (Phi) is 5.88. The van der Waals surface area contributed by atoms with Gasteiger partial charge in [0.05, 0.1) is 17.5 Å². The molecule has 0 aliphatic carbocycles. The van der Waals surface area contributed by atoms with Crippen molar-refractivity contribution in [1.29, 1.82) is 0 Å². The molecule has 0 saturated carbocycles. The summed E-state index contributed by atoms with van der Waals surface area (Å²) in [7, 11) is 1.66. The monoisotopic (exact) mass is 384 g/mol. The molecule has 2 N–H and O–H groups in total. The molecule has 0 aliphatic rings. The van der Waals surface area contributed by atoms with Gasteiger partial charge in [0.25, 0.3) is 0 Å². The molecule has 7 nitrogen and oxygen atoms in total. The van der Waals surface area contributed by atoms with E-state index in [1.807, 2.05) is 18.2 Å². The predicted molar refractivity (Wildman–Crippen MR) is 103 cm³/mol. The van der Waals surface area contributed by atoms with E-state index in [1.165, 1.54) is 21.3 Å². The number of halogens is 1. The maximum Gasteiger partial charge on any atom is 0.329 e. The fraction of sp³-hybridized carbons (Fsp3) is 0.250. The third-order valence-corrected chi connectivity index (χ3v) is 4.38. The van der Waals surface area contributed by atoms with E-state index in [9.17, 15) is 18.8 Å². The van der Waals surface area contributed by atoms with Crippen LogP contribution in [-0.2, 0) is 29.6 Å². The van der Waals surface area contributed by atoms with Gasteiger partial charge < -0.3 is 10.6 Å². The summed E-state index contributed by atoms with van der Waals surface area (Å²) >= 11 is 0. The topological polar surface area (TPSA) is 85.1 Å². The summed E-state index contributed by atoms with van der Waals surface area (Å²) in [6.07, 6.45) is 0.0666. The number of fused-ring (bicyclic) bond motifs is 1. The molecule has 0 aliphatic heterocycles. The van der Waals surface area contributed by atoms with Crippen LogP contribution in [0.25, 0.3) is 11.0 Å². The summed E-state index contributed by atoms with van der Waals surface area (Å²) in [5, 5.41) is 5.34. The second-order valence-corrected chi connectivity index (χ2v) is 6.42. The highest BCUT2D eigenvalue weighted by Gasteiger charge is 2.13. The van der Waals surface area contributed by atoms with Gasteiger partial charge in [0.15, 0.2) is 0 Å². The number of aryl methyl sites for hydroxylation is 1. The van der Waals surface area contributed by atoms with Crippen molar-refractivity contribution in [2.24, 2.45) is 7.05 Å². The number of benzene rings is 2. The van der Waals surface area contributed by atoms with Crippen molar-refractivity contribution < 1.29 is 14.0 Å². The largest absolute Gasteiger partial charge is 0.354 e. The van der Waals surface area contributed by atoms with Gasteiger partial charge in [-0.1, -0.05) is 24.3 Å². The van der Waals surface area contributed by atoms with Gasteiger partial charge in [0.2, 0.25) is 11.8 Å². The van der Waals surface area contributed by atoms with Crippen LogP contribution in [0.5, 0.6) is 0 Å². The van der Waals surface area contributed by atoms with E-state index in [0.717, 1.165) is 5.52 Å². The molecular formula is C20H21FN4O3. The number of rotatable bonds is 7. The maximum absolute atomic E-state index is 13.1. The van der Waals surface area contributed by atoms with E-state index in [1.54, 1.807) is 25.2 Å². The standard InChI is InChI=1S/C20H21FN4O3/c1-24-16-7-2-3-8-17(16)25(20(24)28)13-19(27)23-10-9-22-18(26)12-14-5-4-6-15(21)11-14/h2-8,11H,9-10,12-13H2,1H3,(H,22,26)(H,23,27). The molecule has 8 heteroatoms. The lowest BCUT2D eigenvalue weighted by molar-refractivity contribution is -0.123. The quantitative estimate of drug-likeness (QED) is 0.595. The lowest BCUT2D eigenvalue weighted by atomic mass is 10.1. The normalized spacial score (nSPS) is 10.8. The molecule has 0 spiro atoms. The fourth-order valence-electron chi connectivity index (χ4n) is 3.01. The highest BCUT2D eigenvalue weighted by atomic mass is 19.1. The molecule has 28 heavy (non-hydrogen) atoms. The molecule has 3 aromatic rings. The highest BCUT2D eigenvalue weighted by Crippen LogP contribution is 2.11. The summed E-state index contributed by atoms with van der Waals surface area (Å²) in [5.74, 6) is -0.968. The summed E-state index contributed by atoms with van der Waals surface area (Å²) in [6, 6.07) is 13.1. The van der Waals surface area contributed by atoms with Crippen molar-refractivity contribution in [2.45, 2.75) is 13.0 Å². The van der Waals surface area contributed by atoms with Crippen LogP contribution < -0.4 is 16.3 Å². The van der Waals surface area contributed by atoms with E-state index < -0.39 is 0 Å². The second-order valence-electron chi connectivity index (χ2n) is 6.42. The number of hydrogen-bond donors (Lipinski definition) is 2. The van der Waals surface area contributed by atoms with Crippen LogP contribution in [0.2, 0.25) is 0 Å². The van der Waals surface area contributed by atoms with E-state index in [-0.39, 0.29) is 49.4 Å². The van der Waals surface area contributed by atoms with Gasteiger partial charge >= 0.3 is 5.69 Å². The average Bonchev–Trinajstić information content (AvgIpc) is 2.90. The number of para-hydroxylation sites is 2. The van der Waals surface area contributed by atoms with Gasteiger partial charge in [-0.05, 0) is 29.8 Å². The predicted octanol–water partition coefficient (Wildman–Crippen LogP) is 0.954. The number of hydrogen-bond acceptors (Lipinski definition) is 3. The smallest absolute Gasteiger partial charge is 0.329 e. The second kappa shape index (κ2) is 8.51. The molecule has 0 unspecified atom stereocenters. The maximum atomic E-state index is 13.1. The summed E-state index contributed by atoms with van der Waals surface area (Å²) in [6.45, 7) is 0.370. The third-order valence-electron chi connectivity index (χ3n) is 4.38. The molecule has 1 aromatic heterocycles. The number of carbonyl (C=O) groups excluding carboxylic acids is 2. The Bertz CT molecular complexity index is 1070. The molecule has 3 rings (SSSR count). The molecule has 1 heterocycles. The number of nitrogens with one attached hydrogen (secondary N) is 2. The van der Waals surface area contributed by atoms with Crippen LogP contribution in [0.1, 0.15) is 5.56 Å². The van der Waals surface area contributed by atoms with Gasteiger partial charge in [-0.2, -0.15) is 0 Å². The molecule has 0 fully saturated rings. The Hall–Kier alpha value is -3.42. The molecule has 0 saturated heterocycles. The van der Waals surface area contributed by atoms with E-state index in [0.29, 0.717) is 11.1 Å². The first kappa shape index (κ1) is 19.3. The Morgan fingerprint density at radius 3 is 2.36 bits per heavy atom. The molecule has 146 valence electrons. The SMILES string of the molecule is Cn1c(=O)n(CC(=O)NCCNC(=O)Cc2cccc(F)c2)c2ccccc21. The van der Waals surface area contributed by atoms with Crippen molar-refractivity contribution >= 4 is 22.8 Å². The van der Waals surface area contributed by atoms with Crippen molar-refractivity contribution in [3.63, 3.8) is 0 Å². The zero-order valence-electron chi connectivity index (χ0n) is 15.4. The van der Waals surface area contributed by atoms with E-state index >= 15 is 0 Å². The molecule has 2 aromatic carbocycles. The van der Waals surface area contributed by atoms with Gasteiger partial charge in [0.1, 0.15) is 12.4 Å². The first-order valence-corrected chi connectivity index (χ1v) is 8.88. The van der Waals surface area contributed by atoms with Crippen molar-refractivity contribution in [3.05, 3.63) is 70.4 Å². The Labute approximate surface area is 160 Å². The molecule has 0 atom stereocenters. The Balaban J connectivity index is 1.47. The number of nitrogens with zero attached hydrogens (tertiary/aromatic N) is 2. The van der Waals surface area contributed by atoms with Crippen LogP contribution >= 0.6 is 0 Å². The van der Waals surface area contributed by atoms with Crippen molar-refractivity contribution in [1.82, 2.24) is 19.8 Å². The van der Waals surface area contributed by atoms with E-state index in [2.05, 4.69) is 10.6 Å². The zero-order chi connectivity index (χ0) is 20.1. The minimum absolute atomic E-state index is 0.0666. The zero-order valence-corrected chi connectivity index (χ0v) is 15.4. The fourth-order valence-corrected chi connectivity index (χ4v) is 3.01. The van der Waals surface area contributed by atoms with Crippen LogP contribution in [-0.4, -0.2) is 34.0 Å². The molecule has 0 radical (unpaired) electrons. The van der Waals surface area contributed by atoms with Crippen molar-refractivity contribution in [2.75, 3.05) is 13.1 Å². The highest BCUT2D eigenvalue weighted by molar-refractivity contribution is 5.81. The minimum atomic E-state index is -0.388. The van der Waals surface area contributed by atoms with Crippen LogP contribution in [0.15, 0.2) is 53.3 Å². The van der Waals surface area contributed by atoms with Gasteiger partial charge in [-0.3, -0.25) is 18.7 Å². The van der Waals surface area contributed by atoms with Crippen LogP contribution in [0, 0.1) is 5.82 Å². The number of aromatic nitrogens is 2. The lowest BCUT2D eigenvalue weighted by Gasteiger charge is -2.08. The van der Waals surface area contributed by atoms with Gasteiger partial charge in [0, 0.05) is 20.1 Å². The average molecular weight is 384 g/mol. The first-order chi connectivity index (χ1) is 13.5. The summed E-state index contributed by atoms with van der Waals surface area (Å²) in [4.78, 5) is 36.3. The number of imidazole rings is 1. The Morgan fingerprint density at radius 2 is 1.64 bits per heavy atom. The number of carbonyl (C=O) groups is 2. The van der Waals surface area contributed by atoms with Gasteiger partial charge in [-0.25, -0.2) is 9.18 Å². The van der Waals surface area contributed by atoms with Crippen LogP contribution in [0.4, 0.5) is 4.39 Å². The summed E-state index contributed by atoms with van der Waals surface area (Å²) < 4.78 is 16.0. The number of amides is 2.